The smallest absolute Gasteiger partial charge is 0.338 e. The number of hydrogen-bond acceptors (Lipinski definition) is 3. The lowest BCUT2D eigenvalue weighted by Crippen LogP contribution is -2.23. The molecule has 3 nitrogen and oxygen atoms in total. The number of nitrogens with zero attached hydrogens (tertiary/aromatic N) is 1. The zero-order valence-corrected chi connectivity index (χ0v) is 11.4. The fourth-order valence-corrected chi connectivity index (χ4v) is 1.71. The number of esters is 1. The van der Waals surface area contributed by atoms with E-state index in [2.05, 4.69) is 4.98 Å². The van der Waals surface area contributed by atoms with E-state index in [9.17, 15) is 4.79 Å². The van der Waals surface area contributed by atoms with E-state index in [0.717, 1.165) is 11.1 Å². The van der Waals surface area contributed by atoms with E-state index in [1.54, 1.807) is 18.5 Å². The van der Waals surface area contributed by atoms with Gasteiger partial charge >= 0.3 is 5.97 Å². The molecule has 3 heteroatoms. The molecule has 0 spiro atoms. The summed E-state index contributed by atoms with van der Waals surface area (Å²) in [7, 11) is 0. The van der Waals surface area contributed by atoms with Gasteiger partial charge in [0.25, 0.3) is 0 Å². The molecular formula is C16H17NO2. The molecule has 2 aromatic rings. The number of hydrogen-bond donors (Lipinski definition) is 0. The van der Waals surface area contributed by atoms with Gasteiger partial charge in [-0.15, -0.1) is 0 Å². The van der Waals surface area contributed by atoms with Crippen molar-refractivity contribution in [3.8, 4) is 11.1 Å². The molecule has 0 aliphatic rings. The monoisotopic (exact) mass is 255 g/mol. The van der Waals surface area contributed by atoms with E-state index in [0.29, 0.717) is 5.56 Å². The average Bonchev–Trinajstić information content (AvgIpc) is 2.38. The minimum atomic E-state index is -0.482. The van der Waals surface area contributed by atoms with Crippen LogP contribution in [0.15, 0.2) is 48.8 Å². The lowest BCUT2D eigenvalue weighted by molar-refractivity contribution is 0.00696. The van der Waals surface area contributed by atoms with Crippen LogP contribution in [0.5, 0.6) is 0 Å². The summed E-state index contributed by atoms with van der Waals surface area (Å²) in [4.78, 5) is 16.0. The molecule has 1 aromatic heterocycles. The zero-order valence-electron chi connectivity index (χ0n) is 11.4. The van der Waals surface area contributed by atoms with Crippen LogP contribution in [0, 0.1) is 0 Å². The van der Waals surface area contributed by atoms with Crippen molar-refractivity contribution >= 4 is 5.97 Å². The highest BCUT2D eigenvalue weighted by Gasteiger charge is 2.17. The number of benzene rings is 1. The lowest BCUT2D eigenvalue weighted by atomic mass is 10.0. The Kier molecular flexibility index (Phi) is 3.65. The molecule has 0 amide bonds. The average molecular weight is 255 g/mol. The topological polar surface area (TPSA) is 39.2 Å². The van der Waals surface area contributed by atoms with Crippen LogP contribution in [0.1, 0.15) is 31.1 Å². The van der Waals surface area contributed by atoms with Gasteiger partial charge < -0.3 is 4.74 Å². The SMILES string of the molecule is CC(C)(C)OC(=O)c1cccc(-c2ccncc2)c1. The first-order valence-corrected chi connectivity index (χ1v) is 6.19. The van der Waals surface area contributed by atoms with Crippen molar-refractivity contribution in [2.45, 2.75) is 26.4 Å². The number of rotatable bonds is 2. The molecule has 0 saturated heterocycles. The minimum absolute atomic E-state index is 0.302. The van der Waals surface area contributed by atoms with Gasteiger partial charge in [0.2, 0.25) is 0 Å². The molecule has 1 heterocycles. The summed E-state index contributed by atoms with van der Waals surface area (Å²) < 4.78 is 5.36. The van der Waals surface area contributed by atoms with E-state index in [4.69, 9.17) is 4.74 Å². The Hall–Kier alpha value is -2.16. The van der Waals surface area contributed by atoms with E-state index in [1.807, 2.05) is 51.1 Å². The first kappa shape index (κ1) is 13.3. The molecule has 0 bridgehead atoms. The Morgan fingerprint density at radius 1 is 1.05 bits per heavy atom. The predicted octanol–water partition coefficient (Wildman–Crippen LogP) is 3.70. The second-order valence-corrected chi connectivity index (χ2v) is 5.32. The highest BCUT2D eigenvalue weighted by molar-refractivity contribution is 5.91. The Balaban J connectivity index is 2.28. The summed E-state index contributed by atoms with van der Waals surface area (Å²) in [5.41, 5.74) is 2.08. The van der Waals surface area contributed by atoms with Gasteiger partial charge in [0.1, 0.15) is 5.60 Å². The molecule has 0 unspecified atom stereocenters. The fraction of sp³-hybridized carbons (Fsp3) is 0.250. The van der Waals surface area contributed by atoms with Crippen LogP contribution in [0.25, 0.3) is 11.1 Å². The first-order valence-electron chi connectivity index (χ1n) is 6.19. The molecule has 0 N–H and O–H groups in total. The van der Waals surface area contributed by atoms with Gasteiger partial charge in [0.15, 0.2) is 0 Å². The predicted molar refractivity (Wildman–Crippen MR) is 74.8 cm³/mol. The van der Waals surface area contributed by atoms with Crippen molar-refractivity contribution in [1.82, 2.24) is 4.98 Å². The van der Waals surface area contributed by atoms with Gasteiger partial charge in [-0.05, 0) is 56.2 Å². The van der Waals surface area contributed by atoms with Crippen LogP contribution in [0.3, 0.4) is 0 Å². The Labute approximate surface area is 113 Å². The molecule has 0 saturated carbocycles. The number of ether oxygens (including phenoxy) is 1. The van der Waals surface area contributed by atoms with Crippen molar-refractivity contribution in [1.29, 1.82) is 0 Å². The van der Waals surface area contributed by atoms with Crippen LogP contribution in [-0.4, -0.2) is 16.6 Å². The number of carbonyl (C=O) groups is 1. The maximum atomic E-state index is 12.0. The summed E-state index contributed by atoms with van der Waals surface area (Å²) in [6.07, 6.45) is 3.46. The molecular weight excluding hydrogens is 238 g/mol. The maximum Gasteiger partial charge on any atom is 0.338 e. The molecule has 0 aliphatic heterocycles. The molecule has 1 aromatic carbocycles. The number of aromatic nitrogens is 1. The summed E-state index contributed by atoms with van der Waals surface area (Å²) in [6, 6.07) is 11.2. The number of pyridine rings is 1. The van der Waals surface area contributed by atoms with E-state index in [-0.39, 0.29) is 5.97 Å². The summed E-state index contributed by atoms with van der Waals surface area (Å²) >= 11 is 0. The van der Waals surface area contributed by atoms with E-state index in [1.165, 1.54) is 0 Å². The third-order valence-corrected chi connectivity index (χ3v) is 2.51. The lowest BCUT2D eigenvalue weighted by Gasteiger charge is -2.19. The second kappa shape index (κ2) is 5.22. The third-order valence-electron chi connectivity index (χ3n) is 2.51. The highest BCUT2D eigenvalue weighted by Crippen LogP contribution is 2.21. The van der Waals surface area contributed by atoms with Gasteiger partial charge in [-0.2, -0.15) is 0 Å². The van der Waals surface area contributed by atoms with Gasteiger partial charge in [-0.25, -0.2) is 4.79 Å². The highest BCUT2D eigenvalue weighted by atomic mass is 16.6. The van der Waals surface area contributed by atoms with Crippen LogP contribution in [0.4, 0.5) is 0 Å². The van der Waals surface area contributed by atoms with Gasteiger partial charge in [0, 0.05) is 12.4 Å². The molecule has 98 valence electrons. The first-order chi connectivity index (χ1) is 8.96. The van der Waals surface area contributed by atoms with Gasteiger partial charge in [-0.3, -0.25) is 4.98 Å². The standard InChI is InChI=1S/C16H17NO2/c1-16(2,3)19-15(18)14-6-4-5-13(11-14)12-7-9-17-10-8-12/h4-11H,1-3H3. The molecule has 0 fully saturated rings. The summed E-state index contributed by atoms with van der Waals surface area (Å²) in [6.45, 7) is 5.58. The van der Waals surface area contributed by atoms with Crippen molar-refractivity contribution in [3.05, 3.63) is 54.4 Å². The van der Waals surface area contributed by atoms with Crippen molar-refractivity contribution in [2.24, 2.45) is 0 Å². The molecule has 0 aliphatic carbocycles. The molecule has 19 heavy (non-hydrogen) atoms. The fourth-order valence-electron chi connectivity index (χ4n) is 1.71. The van der Waals surface area contributed by atoms with Crippen molar-refractivity contribution < 1.29 is 9.53 Å². The largest absolute Gasteiger partial charge is 0.456 e. The van der Waals surface area contributed by atoms with Crippen LogP contribution >= 0.6 is 0 Å². The van der Waals surface area contributed by atoms with Gasteiger partial charge in [0.05, 0.1) is 5.56 Å². The van der Waals surface area contributed by atoms with Crippen molar-refractivity contribution in [3.63, 3.8) is 0 Å². The van der Waals surface area contributed by atoms with E-state index >= 15 is 0 Å². The third kappa shape index (κ3) is 3.65. The zero-order chi connectivity index (χ0) is 13.9. The quantitative estimate of drug-likeness (QED) is 0.768. The Bertz CT molecular complexity index is 571. The van der Waals surface area contributed by atoms with Crippen LogP contribution < -0.4 is 0 Å². The molecule has 0 radical (unpaired) electrons. The van der Waals surface area contributed by atoms with E-state index < -0.39 is 5.60 Å². The summed E-state index contributed by atoms with van der Waals surface area (Å²) in [5, 5.41) is 0. The Morgan fingerprint density at radius 3 is 2.37 bits per heavy atom. The molecule has 2 rings (SSSR count). The van der Waals surface area contributed by atoms with Crippen LogP contribution in [-0.2, 0) is 4.74 Å². The molecule has 0 atom stereocenters. The second-order valence-electron chi connectivity index (χ2n) is 5.32. The normalized spacial score (nSPS) is 11.1. The van der Waals surface area contributed by atoms with Crippen LogP contribution in [0.2, 0.25) is 0 Å². The maximum absolute atomic E-state index is 12.0. The Morgan fingerprint density at radius 2 is 1.74 bits per heavy atom. The van der Waals surface area contributed by atoms with Gasteiger partial charge in [-0.1, -0.05) is 12.1 Å². The minimum Gasteiger partial charge on any atom is -0.456 e. The number of carbonyl (C=O) groups excluding carboxylic acids is 1. The van der Waals surface area contributed by atoms with Crippen molar-refractivity contribution in [2.75, 3.05) is 0 Å². The summed E-state index contributed by atoms with van der Waals surface area (Å²) in [5.74, 6) is -0.302.